The van der Waals surface area contributed by atoms with Gasteiger partial charge in [-0.05, 0) is 6.92 Å². The molecule has 2 atom stereocenters. The van der Waals surface area contributed by atoms with Gasteiger partial charge in [-0.3, -0.25) is 9.59 Å². The van der Waals surface area contributed by atoms with E-state index < -0.39 is 0 Å². The topological polar surface area (TPSA) is 72.8 Å². The minimum Gasteiger partial charge on any atom is -0.468 e. The van der Waals surface area contributed by atoms with Crippen molar-refractivity contribution in [1.29, 1.82) is 0 Å². The third-order valence-corrected chi connectivity index (χ3v) is 3.25. The van der Waals surface area contributed by atoms with Gasteiger partial charge in [0.1, 0.15) is 6.61 Å². The second-order valence-electron chi connectivity index (χ2n) is 3.29. The Balaban J connectivity index is 3.83. The molecule has 0 aliphatic carbocycles. The Kier molecular flexibility index (Phi) is 8.01. The minimum absolute atomic E-state index is 0.0143. The fraction of sp³-hybridized carbons (Fsp3) is 0.800. The van der Waals surface area contributed by atoms with Gasteiger partial charge in [-0.15, -0.1) is 11.8 Å². The molecule has 2 unspecified atom stereocenters. The fourth-order valence-corrected chi connectivity index (χ4v) is 1.82. The molecule has 0 saturated heterocycles. The number of methoxy groups -OCH3 is 1. The summed E-state index contributed by atoms with van der Waals surface area (Å²) in [4.78, 5) is 22.4. The van der Waals surface area contributed by atoms with Crippen molar-refractivity contribution in [2.75, 3.05) is 26.1 Å². The van der Waals surface area contributed by atoms with E-state index in [1.807, 2.05) is 0 Å². The van der Waals surface area contributed by atoms with Crippen LogP contribution in [-0.2, 0) is 19.1 Å². The Morgan fingerprint density at radius 3 is 2.44 bits per heavy atom. The number of hydrogen-bond acceptors (Lipinski definition) is 6. The smallest absolute Gasteiger partial charge is 0.318 e. The van der Waals surface area contributed by atoms with Crippen LogP contribution in [-0.4, -0.2) is 48.4 Å². The Labute approximate surface area is 99.5 Å². The van der Waals surface area contributed by atoms with Gasteiger partial charge in [0.05, 0.1) is 24.9 Å². The maximum Gasteiger partial charge on any atom is 0.318 e. The zero-order valence-corrected chi connectivity index (χ0v) is 10.6. The number of aliphatic hydroxyl groups is 1. The van der Waals surface area contributed by atoms with Crippen LogP contribution in [0.5, 0.6) is 0 Å². The van der Waals surface area contributed by atoms with Crippen LogP contribution in [0.15, 0.2) is 0 Å². The van der Waals surface area contributed by atoms with E-state index >= 15 is 0 Å². The van der Waals surface area contributed by atoms with Gasteiger partial charge in [0.2, 0.25) is 0 Å². The summed E-state index contributed by atoms with van der Waals surface area (Å²) < 4.78 is 9.31. The van der Waals surface area contributed by atoms with Crippen molar-refractivity contribution in [3.05, 3.63) is 0 Å². The maximum atomic E-state index is 11.3. The lowest BCUT2D eigenvalue weighted by molar-refractivity contribution is -0.148. The first kappa shape index (κ1) is 15.2. The lowest BCUT2D eigenvalue weighted by atomic mass is 10.2. The molecule has 0 heterocycles. The summed E-state index contributed by atoms with van der Waals surface area (Å²) in [5.41, 5.74) is 0. The molecule has 0 aromatic heterocycles. The highest BCUT2D eigenvalue weighted by atomic mass is 32.2. The van der Waals surface area contributed by atoms with Gasteiger partial charge >= 0.3 is 11.9 Å². The van der Waals surface area contributed by atoms with Crippen LogP contribution >= 0.6 is 11.8 Å². The molecule has 0 aromatic rings. The molecule has 0 fully saturated rings. The molecule has 0 aliphatic heterocycles. The van der Waals surface area contributed by atoms with E-state index in [2.05, 4.69) is 4.74 Å². The number of carbonyl (C=O) groups is 2. The van der Waals surface area contributed by atoms with Gasteiger partial charge in [-0.25, -0.2) is 0 Å². The second kappa shape index (κ2) is 8.41. The molecule has 0 rings (SSSR count). The van der Waals surface area contributed by atoms with E-state index in [1.54, 1.807) is 13.8 Å². The molecular weight excluding hydrogens is 232 g/mol. The molecule has 0 bridgehead atoms. The van der Waals surface area contributed by atoms with Crippen molar-refractivity contribution in [1.82, 2.24) is 0 Å². The number of carbonyl (C=O) groups excluding carboxylic acids is 2. The average molecular weight is 250 g/mol. The number of hydrogen-bond donors (Lipinski definition) is 1. The van der Waals surface area contributed by atoms with Crippen molar-refractivity contribution >= 4 is 23.7 Å². The Morgan fingerprint density at radius 2 is 1.94 bits per heavy atom. The summed E-state index contributed by atoms with van der Waals surface area (Å²) in [6.45, 7) is 3.28. The fourth-order valence-electron chi connectivity index (χ4n) is 0.879. The molecule has 16 heavy (non-hydrogen) atoms. The summed E-state index contributed by atoms with van der Waals surface area (Å²) in [7, 11) is 1.33. The van der Waals surface area contributed by atoms with Crippen molar-refractivity contribution in [2.45, 2.75) is 19.1 Å². The monoisotopic (exact) mass is 250 g/mol. The lowest BCUT2D eigenvalue weighted by Gasteiger charge is -2.13. The average Bonchev–Trinajstić information content (AvgIpc) is 2.31. The van der Waals surface area contributed by atoms with Gasteiger partial charge < -0.3 is 14.6 Å². The molecule has 0 amide bonds. The van der Waals surface area contributed by atoms with Crippen LogP contribution in [0, 0.1) is 5.92 Å². The van der Waals surface area contributed by atoms with E-state index in [0.29, 0.717) is 5.75 Å². The van der Waals surface area contributed by atoms with Gasteiger partial charge in [0.25, 0.3) is 0 Å². The van der Waals surface area contributed by atoms with E-state index in [0.717, 1.165) is 0 Å². The van der Waals surface area contributed by atoms with Crippen molar-refractivity contribution in [3.8, 4) is 0 Å². The quantitative estimate of drug-likeness (QED) is 0.661. The second-order valence-corrected chi connectivity index (χ2v) is 4.66. The van der Waals surface area contributed by atoms with Crippen molar-refractivity contribution < 1.29 is 24.2 Å². The summed E-state index contributed by atoms with van der Waals surface area (Å²) in [6, 6.07) is 0. The van der Waals surface area contributed by atoms with Gasteiger partial charge in [0.15, 0.2) is 0 Å². The molecule has 6 heteroatoms. The van der Waals surface area contributed by atoms with E-state index in [1.165, 1.54) is 18.9 Å². The van der Waals surface area contributed by atoms with Crippen LogP contribution in [0.25, 0.3) is 0 Å². The standard InChI is InChI=1S/C10H18O5S/c1-7(9(12)15-5-4-11)6-16-8(2)10(13)14-3/h7-8,11H,4-6H2,1-3H3. The molecule has 0 radical (unpaired) electrons. The number of ether oxygens (including phenoxy) is 2. The third-order valence-electron chi connectivity index (χ3n) is 1.87. The van der Waals surface area contributed by atoms with Crippen molar-refractivity contribution in [2.24, 2.45) is 5.92 Å². The normalized spacial score (nSPS) is 14.0. The number of esters is 2. The molecular formula is C10H18O5S. The molecule has 0 saturated carbocycles. The Hall–Kier alpha value is -0.750. The number of thioether (sulfide) groups is 1. The van der Waals surface area contributed by atoms with E-state index in [-0.39, 0.29) is 36.3 Å². The zero-order chi connectivity index (χ0) is 12.6. The van der Waals surface area contributed by atoms with E-state index in [9.17, 15) is 9.59 Å². The largest absolute Gasteiger partial charge is 0.468 e. The van der Waals surface area contributed by atoms with Crippen LogP contribution in [0.1, 0.15) is 13.8 Å². The van der Waals surface area contributed by atoms with Crippen molar-refractivity contribution in [3.63, 3.8) is 0 Å². The highest BCUT2D eigenvalue weighted by Gasteiger charge is 2.19. The SMILES string of the molecule is COC(=O)C(C)SCC(C)C(=O)OCCO. The molecule has 0 aliphatic rings. The number of aliphatic hydroxyl groups excluding tert-OH is 1. The lowest BCUT2D eigenvalue weighted by Crippen LogP contribution is -2.22. The Bertz CT molecular complexity index is 231. The molecule has 0 spiro atoms. The van der Waals surface area contributed by atoms with Gasteiger partial charge in [-0.1, -0.05) is 6.92 Å². The summed E-state index contributed by atoms with van der Waals surface area (Å²) in [5, 5.41) is 8.18. The molecule has 1 N–H and O–H groups in total. The predicted molar refractivity (Wildman–Crippen MR) is 61.1 cm³/mol. The highest BCUT2D eigenvalue weighted by molar-refractivity contribution is 8.00. The van der Waals surface area contributed by atoms with Crippen LogP contribution in [0.4, 0.5) is 0 Å². The summed E-state index contributed by atoms with van der Waals surface area (Å²) in [5.74, 6) is -0.483. The number of rotatable bonds is 7. The predicted octanol–water partition coefficient (Wildman–Crippen LogP) is 0.453. The summed E-state index contributed by atoms with van der Waals surface area (Å²) in [6.07, 6.45) is 0. The van der Waals surface area contributed by atoms with Crippen LogP contribution < -0.4 is 0 Å². The van der Waals surface area contributed by atoms with Gasteiger partial charge in [0, 0.05) is 5.75 Å². The Morgan fingerprint density at radius 1 is 1.31 bits per heavy atom. The first-order valence-electron chi connectivity index (χ1n) is 4.99. The molecule has 94 valence electrons. The maximum absolute atomic E-state index is 11.3. The first-order chi connectivity index (χ1) is 7.52. The first-order valence-corrected chi connectivity index (χ1v) is 6.04. The van der Waals surface area contributed by atoms with Gasteiger partial charge in [-0.2, -0.15) is 0 Å². The van der Waals surface area contributed by atoms with Crippen LogP contribution in [0.2, 0.25) is 0 Å². The summed E-state index contributed by atoms with van der Waals surface area (Å²) >= 11 is 1.34. The highest BCUT2D eigenvalue weighted by Crippen LogP contribution is 2.16. The molecule has 5 nitrogen and oxygen atoms in total. The zero-order valence-electron chi connectivity index (χ0n) is 9.76. The molecule has 0 aromatic carbocycles. The minimum atomic E-state index is -0.362. The third kappa shape index (κ3) is 5.97. The van der Waals surface area contributed by atoms with E-state index in [4.69, 9.17) is 9.84 Å². The van der Waals surface area contributed by atoms with Crippen LogP contribution in [0.3, 0.4) is 0 Å².